The number of unbranched alkanes of at least 4 members (excludes halogenated alkanes) is 2. The van der Waals surface area contributed by atoms with Crippen molar-refractivity contribution < 1.29 is 0 Å². The Morgan fingerprint density at radius 1 is 0.675 bits per heavy atom. The van der Waals surface area contributed by atoms with Crippen LogP contribution in [0.15, 0.2) is 12.2 Å². The van der Waals surface area contributed by atoms with Gasteiger partial charge in [-0.25, -0.2) is 0 Å². The van der Waals surface area contributed by atoms with Crippen LogP contribution >= 0.6 is 0 Å². The van der Waals surface area contributed by atoms with Gasteiger partial charge in [-0.1, -0.05) is 123 Å². The fraction of sp³-hybridized carbons (Fsp3) is 0.949. The molecule has 40 heavy (non-hydrogen) atoms. The second-order valence-corrected chi connectivity index (χ2v) is 16.1. The van der Waals surface area contributed by atoms with E-state index in [1.807, 2.05) is 0 Å². The fourth-order valence-corrected chi connectivity index (χ4v) is 10.0. The van der Waals surface area contributed by atoms with Crippen LogP contribution in [0.5, 0.6) is 0 Å². The van der Waals surface area contributed by atoms with Crippen molar-refractivity contribution in [2.45, 2.75) is 168 Å². The van der Waals surface area contributed by atoms with Gasteiger partial charge in [0, 0.05) is 0 Å². The van der Waals surface area contributed by atoms with Crippen LogP contribution in [0.3, 0.4) is 0 Å². The van der Waals surface area contributed by atoms with E-state index in [-0.39, 0.29) is 0 Å². The topological polar surface area (TPSA) is 12.0 Å². The van der Waals surface area contributed by atoms with Gasteiger partial charge in [0.05, 0.1) is 0 Å². The number of fused-ring (bicyclic) bond motifs is 10. The van der Waals surface area contributed by atoms with Gasteiger partial charge in [-0.15, -0.1) is 0 Å². The normalized spacial score (nSPS) is 39.9. The van der Waals surface area contributed by atoms with Crippen LogP contribution in [0.2, 0.25) is 0 Å². The fourth-order valence-electron chi connectivity index (χ4n) is 10.0. The average Bonchev–Trinajstić information content (AvgIpc) is 3.37. The van der Waals surface area contributed by atoms with Crippen molar-refractivity contribution in [3.05, 3.63) is 12.2 Å². The van der Waals surface area contributed by atoms with Gasteiger partial charge in [0.1, 0.15) is 0 Å². The Labute approximate surface area is 251 Å². The summed E-state index contributed by atoms with van der Waals surface area (Å²) in [5, 5.41) is 3.97. The van der Waals surface area contributed by atoms with Crippen molar-refractivity contribution >= 4 is 0 Å². The molecule has 3 aliphatic carbocycles. The molecule has 0 spiro atoms. The van der Waals surface area contributed by atoms with Gasteiger partial charge in [-0.05, 0) is 124 Å². The van der Waals surface area contributed by atoms with Gasteiger partial charge in [-0.3, -0.25) is 0 Å². The minimum Gasteiger partial charge on any atom is -0.316 e. The molecule has 0 amide bonds. The van der Waals surface area contributed by atoms with E-state index in [4.69, 9.17) is 6.58 Å². The van der Waals surface area contributed by atoms with Crippen molar-refractivity contribution in [3.63, 3.8) is 0 Å². The summed E-state index contributed by atoms with van der Waals surface area (Å²) in [4.78, 5) is 0. The molecule has 8 unspecified atom stereocenters. The number of rotatable bonds is 4. The third-order valence-corrected chi connectivity index (χ3v) is 12.6. The highest BCUT2D eigenvalue weighted by molar-refractivity contribution is 5.06. The standard InChI is InChI=1S/C39H71N/c1-5-6-7-13-33-14-9-8-12-31(3)39-28-37-20-21-38(32(4)25-37)27-35(15-10-11-22-40-29-39)23-30(2)24-36-19-18-34(26-36)17-16-33/h30-31,33-40H,4-29H2,1-3H3/t30?,31-,33?,34?,35?,36?,37?,38?,39?/m0/s1. The minimum absolute atomic E-state index is 0.824. The Morgan fingerprint density at radius 3 is 2.23 bits per heavy atom. The van der Waals surface area contributed by atoms with Crippen LogP contribution in [-0.4, -0.2) is 13.1 Å². The Bertz CT molecular complexity index is 697. The Hall–Kier alpha value is -0.300. The highest BCUT2D eigenvalue weighted by Gasteiger charge is 2.31. The maximum atomic E-state index is 4.74. The number of nitrogens with one attached hydrogen (secondary N) is 1. The van der Waals surface area contributed by atoms with Crippen molar-refractivity contribution in [2.24, 2.45) is 53.3 Å². The van der Waals surface area contributed by atoms with E-state index in [1.165, 1.54) is 148 Å². The summed E-state index contributed by atoms with van der Waals surface area (Å²) < 4.78 is 0. The third kappa shape index (κ3) is 11.1. The first kappa shape index (κ1) is 32.6. The van der Waals surface area contributed by atoms with Crippen LogP contribution in [0, 0.1) is 53.3 Å². The molecule has 3 heterocycles. The van der Waals surface area contributed by atoms with Gasteiger partial charge < -0.3 is 5.32 Å². The van der Waals surface area contributed by atoms with E-state index < -0.39 is 0 Å². The maximum Gasteiger partial charge on any atom is -0.00179 e. The molecule has 232 valence electrons. The Morgan fingerprint density at radius 2 is 1.40 bits per heavy atom. The molecule has 9 atom stereocenters. The molecule has 6 fully saturated rings. The second-order valence-electron chi connectivity index (χ2n) is 16.1. The maximum absolute atomic E-state index is 4.74. The van der Waals surface area contributed by atoms with Crippen LogP contribution in [0.1, 0.15) is 168 Å². The number of hydrogen-bond donors (Lipinski definition) is 1. The van der Waals surface area contributed by atoms with Gasteiger partial charge in [0.15, 0.2) is 0 Å². The molecule has 6 aliphatic rings. The van der Waals surface area contributed by atoms with E-state index in [2.05, 4.69) is 26.1 Å². The molecule has 6 rings (SSSR count). The van der Waals surface area contributed by atoms with Gasteiger partial charge in [0.2, 0.25) is 0 Å². The largest absolute Gasteiger partial charge is 0.316 e. The van der Waals surface area contributed by atoms with Crippen molar-refractivity contribution in [3.8, 4) is 0 Å². The summed E-state index contributed by atoms with van der Waals surface area (Å²) in [5.74, 6) is 8.38. The third-order valence-electron chi connectivity index (χ3n) is 12.6. The molecule has 1 nitrogen and oxygen atoms in total. The van der Waals surface area contributed by atoms with Crippen LogP contribution in [-0.2, 0) is 0 Å². The molecule has 1 N–H and O–H groups in total. The first-order valence-electron chi connectivity index (χ1n) is 18.9. The number of hydrogen-bond acceptors (Lipinski definition) is 1. The van der Waals surface area contributed by atoms with E-state index >= 15 is 0 Å². The molecular formula is C39H71N. The SMILES string of the molecule is C=C1CC2CCC1CC1CCCCNCC(C2)[C@@H](C)CCCCC(CCCCC)CCC2CCC(CC(C)C1)C2. The highest BCUT2D eigenvalue weighted by atomic mass is 14.9. The summed E-state index contributed by atoms with van der Waals surface area (Å²) in [7, 11) is 0. The first-order valence-corrected chi connectivity index (χ1v) is 18.9. The molecule has 0 aromatic rings. The van der Waals surface area contributed by atoms with E-state index in [9.17, 15) is 0 Å². The lowest BCUT2D eigenvalue weighted by Crippen LogP contribution is -2.31. The lowest BCUT2D eigenvalue weighted by molar-refractivity contribution is 0.202. The van der Waals surface area contributed by atoms with E-state index in [0.717, 1.165) is 53.3 Å². The summed E-state index contributed by atoms with van der Waals surface area (Å²) in [5.41, 5.74) is 1.64. The van der Waals surface area contributed by atoms with E-state index in [1.54, 1.807) is 18.4 Å². The van der Waals surface area contributed by atoms with Gasteiger partial charge >= 0.3 is 0 Å². The second kappa shape index (κ2) is 17.7. The zero-order chi connectivity index (χ0) is 28.2. The first-order chi connectivity index (χ1) is 19.5. The summed E-state index contributed by atoms with van der Waals surface area (Å²) in [6, 6.07) is 0. The summed E-state index contributed by atoms with van der Waals surface area (Å²) >= 11 is 0. The molecule has 3 aliphatic heterocycles. The van der Waals surface area contributed by atoms with Crippen LogP contribution in [0.4, 0.5) is 0 Å². The summed E-state index contributed by atoms with van der Waals surface area (Å²) in [6.07, 6.45) is 33.8. The molecule has 1 heteroatoms. The van der Waals surface area contributed by atoms with Crippen molar-refractivity contribution in [1.82, 2.24) is 5.32 Å². The molecule has 6 bridgehead atoms. The monoisotopic (exact) mass is 554 g/mol. The van der Waals surface area contributed by atoms with Crippen molar-refractivity contribution in [2.75, 3.05) is 13.1 Å². The minimum atomic E-state index is 0.824. The molecular weight excluding hydrogens is 482 g/mol. The molecule has 3 saturated heterocycles. The molecule has 3 saturated carbocycles. The molecule has 0 radical (unpaired) electrons. The Balaban J connectivity index is 1.45. The zero-order valence-electron chi connectivity index (χ0n) is 27.6. The lowest BCUT2D eigenvalue weighted by atomic mass is 9.70. The highest BCUT2D eigenvalue weighted by Crippen LogP contribution is 2.44. The molecule has 0 aromatic carbocycles. The van der Waals surface area contributed by atoms with E-state index in [0.29, 0.717) is 0 Å². The van der Waals surface area contributed by atoms with Gasteiger partial charge in [-0.2, -0.15) is 0 Å². The Kier molecular flexibility index (Phi) is 14.5. The predicted octanol–water partition coefficient (Wildman–Crippen LogP) is 11.8. The molecule has 0 aromatic heterocycles. The van der Waals surface area contributed by atoms with Crippen LogP contribution in [0.25, 0.3) is 0 Å². The zero-order valence-corrected chi connectivity index (χ0v) is 27.6. The lowest BCUT2D eigenvalue weighted by Gasteiger charge is -2.37. The average molecular weight is 554 g/mol. The summed E-state index contributed by atoms with van der Waals surface area (Å²) in [6.45, 7) is 14.8. The predicted molar refractivity (Wildman–Crippen MR) is 177 cm³/mol. The van der Waals surface area contributed by atoms with Crippen molar-refractivity contribution in [1.29, 1.82) is 0 Å². The smallest absolute Gasteiger partial charge is 0.00179 e. The quantitative estimate of drug-likeness (QED) is 0.269. The number of allylic oxidation sites excluding steroid dienone is 1. The van der Waals surface area contributed by atoms with Gasteiger partial charge in [0.25, 0.3) is 0 Å². The van der Waals surface area contributed by atoms with Crippen LogP contribution < -0.4 is 5.32 Å².